The average molecular weight is 505 g/mol. The first-order valence-electron chi connectivity index (χ1n) is 13.3. The van der Waals surface area contributed by atoms with Gasteiger partial charge >= 0.3 is 0 Å². The zero-order valence-corrected chi connectivity index (χ0v) is 24.1. The van der Waals surface area contributed by atoms with Crippen molar-refractivity contribution in [1.29, 1.82) is 0 Å². The van der Waals surface area contributed by atoms with E-state index in [2.05, 4.69) is 114 Å². The molecule has 0 spiro atoms. The summed E-state index contributed by atoms with van der Waals surface area (Å²) >= 11 is 0. The molecule has 1 N–H and O–H groups in total. The van der Waals surface area contributed by atoms with Crippen LogP contribution in [0.2, 0.25) is 13.1 Å². The molecule has 0 bridgehead atoms. The van der Waals surface area contributed by atoms with E-state index < -0.39 is 19.6 Å². The van der Waals surface area contributed by atoms with Crippen LogP contribution in [0.15, 0.2) is 91.0 Å². The average Bonchev–Trinajstić information content (AvgIpc) is 2.87. The lowest BCUT2D eigenvalue weighted by atomic mass is 9.80. The zero-order chi connectivity index (χ0) is 26.2. The van der Waals surface area contributed by atoms with Crippen molar-refractivity contribution in [2.75, 3.05) is 13.2 Å². The Morgan fingerprint density at radius 2 is 1.14 bits per heavy atom. The highest BCUT2D eigenvalue weighted by Crippen LogP contribution is 2.40. The number of rotatable bonds is 12. The molecule has 3 nitrogen and oxygen atoms in total. The van der Waals surface area contributed by atoms with Crippen LogP contribution in [0.25, 0.3) is 0 Å². The van der Waals surface area contributed by atoms with E-state index in [1.807, 2.05) is 18.2 Å². The standard InChI is InChI=1S/C32H44O3Si/c1-26(34-25-23-31(33,36(5)6)30(2,3)4)22-24-35-32(27-16-10-7-11-17-27,28-18-12-8-13-19-28)29-20-14-9-15-21-29/h7-21,26,33,36H,22-25H2,1-6H3. The Hall–Kier alpha value is -2.24. The molecule has 0 aliphatic heterocycles. The van der Waals surface area contributed by atoms with Gasteiger partial charge in [0.25, 0.3) is 0 Å². The van der Waals surface area contributed by atoms with Crippen molar-refractivity contribution in [3.63, 3.8) is 0 Å². The van der Waals surface area contributed by atoms with Gasteiger partial charge in [0.15, 0.2) is 0 Å². The molecule has 0 aliphatic carbocycles. The van der Waals surface area contributed by atoms with Gasteiger partial charge in [-0.15, -0.1) is 0 Å². The number of hydrogen-bond donors (Lipinski definition) is 1. The van der Waals surface area contributed by atoms with Crippen LogP contribution in [0.5, 0.6) is 0 Å². The Kier molecular flexibility index (Phi) is 9.70. The van der Waals surface area contributed by atoms with Crippen molar-refractivity contribution in [1.82, 2.24) is 0 Å². The fourth-order valence-electron chi connectivity index (χ4n) is 5.18. The number of ether oxygens (including phenoxy) is 2. The molecule has 0 aromatic heterocycles. The summed E-state index contributed by atoms with van der Waals surface area (Å²) in [6, 6.07) is 31.4. The monoisotopic (exact) mass is 504 g/mol. The summed E-state index contributed by atoms with van der Waals surface area (Å²) in [5.41, 5.74) is 2.46. The SMILES string of the molecule is CC(CCOC(c1ccccc1)(c1ccccc1)c1ccccc1)OCCC(O)([SiH](C)C)C(C)(C)C. The van der Waals surface area contributed by atoms with E-state index in [0.29, 0.717) is 19.6 Å². The quantitative estimate of drug-likeness (QED) is 0.213. The highest BCUT2D eigenvalue weighted by Gasteiger charge is 2.43. The lowest BCUT2D eigenvalue weighted by Crippen LogP contribution is -2.53. The Labute approximate surface area is 220 Å². The Bertz CT molecular complexity index is 935. The van der Waals surface area contributed by atoms with Crippen LogP contribution < -0.4 is 0 Å². The second-order valence-corrected chi connectivity index (χ2v) is 14.4. The van der Waals surface area contributed by atoms with Gasteiger partial charge in [0.1, 0.15) is 5.60 Å². The molecule has 3 aromatic carbocycles. The fourth-order valence-corrected chi connectivity index (χ4v) is 7.60. The molecular formula is C32H44O3Si. The van der Waals surface area contributed by atoms with E-state index in [4.69, 9.17) is 9.47 Å². The molecule has 0 aliphatic rings. The summed E-state index contributed by atoms with van der Waals surface area (Å²) in [7, 11) is -1.29. The first-order valence-corrected chi connectivity index (χ1v) is 16.1. The van der Waals surface area contributed by atoms with Gasteiger partial charge in [0, 0.05) is 6.61 Å². The molecule has 3 rings (SSSR count). The van der Waals surface area contributed by atoms with Crippen LogP contribution in [0.1, 0.15) is 57.2 Å². The van der Waals surface area contributed by atoms with E-state index in [1.54, 1.807) is 0 Å². The van der Waals surface area contributed by atoms with Crippen molar-refractivity contribution in [3.8, 4) is 0 Å². The minimum absolute atomic E-state index is 0.0306. The van der Waals surface area contributed by atoms with Gasteiger partial charge in [-0.1, -0.05) is 125 Å². The molecule has 0 heterocycles. The van der Waals surface area contributed by atoms with Crippen molar-refractivity contribution >= 4 is 8.80 Å². The van der Waals surface area contributed by atoms with E-state index in [1.165, 1.54) is 0 Å². The molecule has 0 amide bonds. The van der Waals surface area contributed by atoms with Gasteiger partial charge in [-0.3, -0.25) is 0 Å². The molecule has 0 saturated heterocycles. The van der Waals surface area contributed by atoms with Crippen molar-refractivity contribution < 1.29 is 14.6 Å². The van der Waals surface area contributed by atoms with Crippen LogP contribution in [0.3, 0.4) is 0 Å². The molecule has 36 heavy (non-hydrogen) atoms. The molecule has 0 fully saturated rings. The van der Waals surface area contributed by atoms with Gasteiger partial charge in [-0.05, 0) is 41.9 Å². The van der Waals surface area contributed by atoms with Crippen LogP contribution in [0.4, 0.5) is 0 Å². The second-order valence-electron chi connectivity index (χ2n) is 11.2. The third kappa shape index (κ3) is 6.35. The first-order chi connectivity index (χ1) is 17.1. The number of aliphatic hydroxyl groups is 1. The van der Waals surface area contributed by atoms with Gasteiger partial charge in [0.05, 0.1) is 26.7 Å². The van der Waals surface area contributed by atoms with Gasteiger partial charge in [-0.25, -0.2) is 0 Å². The smallest absolute Gasteiger partial charge is 0.143 e. The lowest BCUT2D eigenvalue weighted by Gasteiger charge is -2.43. The molecule has 4 heteroatoms. The highest BCUT2D eigenvalue weighted by atomic mass is 28.3. The minimum Gasteiger partial charge on any atom is -0.393 e. The van der Waals surface area contributed by atoms with Gasteiger partial charge in [0.2, 0.25) is 0 Å². The van der Waals surface area contributed by atoms with Gasteiger partial charge < -0.3 is 14.6 Å². The topological polar surface area (TPSA) is 38.7 Å². The highest BCUT2D eigenvalue weighted by molar-refractivity contribution is 6.59. The van der Waals surface area contributed by atoms with Crippen LogP contribution in [-0.4, -0.2) is 38.4 Å². The van der Waals surface area contributed by atoms with E-state index >= 15 is 0 Å². The first kappa shape index (κ1) is 28.3. The fraction of sp³-hybridized carbons (Fsp3) is 0.438. The summed E-state index contributed by atoms with van der Waals surface area (Å²) in [5.74, 6) is 0. The lowest BCUT2D eigenvalue weighted by molar-refractivity contribution is -0.0453. The molecule has 194 valence electrons. The summed E-state index contributed by atoms with van der Waals surface area (Å²) in [6.07, 6.45) is 1.47. The molecule has 2 atom stereocenters. The van der Waals surface area contributed by atoms with Crippen LogP contribution >= 0.6 is 0 Å². The Morgan fingerprint density at radius 1 is 0.722 bits per heavy atom. The van der Waals surface area contributed by atoms with E-state index in [9.17, 15) is 5.11 Å². The summed E-state index contributed by atoms with van der Waals surface area (Å²) in [5, 5.41) is 10.7. The number of benzene rings is 3. The molecular weight excluding hydrogens is 460 g/mol. The molecule has 3 aromatic rings. The third-order valence-electron chi connectivity index (χ3n) is 7.52. The van der Waals surface area contributed by atoms with E-state index in [-0.39, 0.29) is 11.5 Å². The maximum atomic E-state index is 11.4. The maximum Gasteiger partial charge on any atom is 0.143 e. The van der Waals surface area contributed by atoms with Crippen LogP contribution in [-0.2, 0) is 15.1 Å². The number of hydrogen-bond acceptors (Lipinski definition) is 3. The summed E-state index contributed by atoms with van der Waals surface area (Å²) < 4.78 is 13.1. The third-order valence-corrected chi connectivity index (χ3v) is 10.6. The zero-order valence-electron chi connectivity index (χ0n) is 22.9. The second kappa shape index (κ2) is 12.3. The van der Waals surface area contributed by atoms with E-state index in [0.717, 1.165) is 23.1 Å². The largest absolute Gasteiger partial charge is 0.393 e. The minimum atomic E-state index is -1.29. The predicted molar refractivity (Wildman–Crippen MR) is 153 cm³/mol. The van der Waals surface area contributed by atoms with Crippen molar-refractivity contribution in [2.45, 2.75) is 70.6 Å². The van der Waals surface area contributed by atoms with Crippen molar-refractivity contribution in [2.24, 2.45) is 5.41 Å². The molecule has 0 saturated carbocycles. The predicted octanol–water partition coefficient (Wildman–Crippen LogP) is 6.98. The summed E-state index contributed by atoms with van der Waals surface area (Å²) in [4.78, 5) is 0. The maximum absolute atomic E-state index is 11.4. The summed E-state index contributed by atoms with van der Waals surface area (Å²) in [6.45, 7) is 14.0. The van der Waals surface area contributed by atoms with Crippen molar-refractivity contribution in [3.05, 3.63) is 108 Å². The molecule has 0 radical (unpaired) electrons. The molecule has 2 unspecified atom stereocenters. The Balaban J connectivity index is 1.76. The Morgan fingerprint density at radius 3 is 1.50 bits per heavy atom. The van der Waals surface area contributed by atoms with Gasteiger partial charge in [-0.2, -0.15) is 0 Å². The normalized spacial score (nSPS) is 15.0. The van der Waals surface area contributed by atoms with Crippen LogP contribution in [0, 0.1) is 5.41 Å².